The van der Waals surface area contributed by atoms with Crippen molar-refractivity contribution < 1.29 is 34.0 Å². The molecule has 0 aromatic heterocycles. The molecule has 0 amide bonds. The maximum absolute atomic E-state index is 13.2. The fraction of sp³-hybridized carbons (Fsp3) is 0.667. The molecule has 0 spiro atoms. The van der Waals surface area contributed by atoms with E-state index in [0.29, 0.717) is 25.2 Å². The van der Waals surface area contributed by atoms with E-state index in [0.717, 1.165) is 55.6 Å². The van der Waals surface area contributed by atoms with Crippen LogP contribution >= 0.6 is 0 Å². The van der Waals surface area contributed by atoms with Gasteiger partial charge in [-0.2, -0.15) is 0 Å². The van der Waals surface area contributed by atoms with Crippen molar-refractivity contribution in [3.05, 3.63) is 34.4 Å². The summed E-state index contributed by atoms with van der Waals surface area (Å²) in [5, 5.41) is 9.62. The Morgan fingerprint density at radius 1 is 1.21 bits per heavy atom. The maximum Gasteiger partial charge on any atom is 0.163 e. The molecule has 3 unspecified atom stereocenters. The number of aliphatic hydroxyl groups excluding tert-OH is 1. The molecule has 1 aromatic carbocycles. The molecule has 6 nitrogen and oxygen atoms in total. The molecule has 0 bridgehead atoms. The van der Waals surface area contributed by atoms with Gasteiger partial charge in [0.15, 0.2) is 5.78 Å². The van der Waals surface area contributed by atoms with Crippen LogP contribution in [0.4, 0.5) is 0 Å². The Hall–Kier alpha value is -1.89. The van der Waals surface area contributed by atoms with Crippen molar-refractivity contribution in [3.63, 3.8) is 0 Å². The van der Waals surface area contributed by atoms with Crippen LogP contribution in [0.1, 0.15) is 96.0 Å². The lowest BCUT2D eigenvalue weighted by molar-refractivity contribution is -0.130. The summed E-state index contributed by atoms with van der Waals surface area (Å²) in [5.74, 6) is 0.449. The van der Waals surface area contributed by atoms with Crippen molar-refractivity contribution in [1.29, 1.82) is 0 Å². The van der Waals surface area contributed by atoms with Gasteiger partial charge in [-0.05, 0) is 86.8 Å². The fourth-order valence-corrected chi connectivity index (χ4v) is 5.98. The van der Waals surface area contributed by atoms with E-state index < -0.39 is 0 Å². The molecule has 190 valence electrons. The number of fused-ring (bicyclic) bond motifs is 1. The predicted molar refractivity (Wildman–Crippen MR) is 134 cm³/mol. The summed E-state index contributed by atoms with van der Waals surface area (Å²) in [6.07, 6.45) is 5.20. The highest BCUT2D eigenvalue weighted by Crippen LogP contribution is 2.38. The quantitative estimate of drug-likeness (QED) is 0.510. The van der Waals surface area contributed by atoms with Crippen LogP contribution in [0.2, 0.25) is 0 Å². The van der Waals surface area contributed by atoms with Gasteiger partial charge in [-0.1, -0.05) is 19.1 Å². The number of hydrogen-bond acceptors (Lipinski definition) is 5. The van der Waals surface area contributed by atoms with Gasteiger partial charge in [0.2, 0.25) is 0 Å². The number of hydrogen-bond donors (Lipinski definition) is 1. The molecule has 1 aromatic rings. The predicted octanol–water partition coefficient (Wildman–Crippen LogP) is 4.51. The average Bonchev–Trinajstić information content (AvgIpc) is 2.74. The second kappa shape index (κ2) is 12.5. The first kappa shape index (κ1) is 27.4. The topological polar surface area (TPSA) is 112 Å². The van der Waals surface area contributed by atoms with E-state index in [1.54, 1.807) is 0 Å². The number of rotatable bonds is 10. The van der Waals surface area contributed by atoms with Crippen LogP contribution in [-0.4, -0.2) is 47.8 Å². The molecular weight excluding hydrogens is 420 g/mol. The molecule has 3 rings (SSSR count). The van der Waals surface area contributed by atoms with E-state index in [2.05, 4.69) is 19.1 Å². The highest BCUT2D eigenvalue weighted by atomic mass is 16.5. The number of carbonyl (C=O) groups excluding carboxylic acids is 3. The van der Waals surface area contributed by atoms with Crippen LogP contribution in [0.5, 0.6) is 0 Å². The molecule has 33 heavy (non-hydrogen) atoms. The molecule has 3 N–H and O–H groups in total. The van der Waals surface area contributed by atoms with E-state index in [1.165, 1.54) is 12.5 Å². The van der Waals surface area contributed by atoms with Gasteiger partial charge in [-0.25, -0.2) is 0 Å². The third kappa shape index (κ3) is 6.58. The van der Waals surface area contributed by atoms with Gasteiger partial charge in [-0.15, -0.1) is 0 Å². The minimum absolute atomic E-state index is 0. The lowest BCUT2D eigenvalue weighted by Gasteiger charge is -2.32. The van der Waals surface area contributed by atoms with Gasteiger partial charge in [0.05, 0.1) is 6.42 Å². The average molecular weight is 467 g/mol. The minimum Gasteiger partial charge on any atom is -0.412 e. The number of carbonyl (C=O) groups is 3. The fourth-order valence-electron chi connectivity index (χ4n) is 5.98. The molecule has 2 aliphatic rings. The molecule has 3 atom stereocenters. The number of Topliss-reactive ketones (excluding diaryl/α,β-unsaturated/α-hetero) is 3. The Morgan fingerprint density at radius 2 is 1.91 bits per heavy atom. The molecule has 1 saturated heterocycles. The molecule has 1 fully saturated rings. The molecular formula is C27H46O6. The Kier molecular flexibility index (Phi) is 10.4. The number of ether oxygens (including phenoxy) is 1. The highest BCUT2D eigenvalue weighted by molar-refractivity contribution is 6.00. The van der Waals surface area contributed by atoms with Gasteiger partial charge in [0.1, 0.15) is 11.6 Å². The van der Waals surface area contributed by atoms with Crippen molar-refractivity contribution in [2.45, 2.75) is 78.1 Å². The SMILES string of the molecule is CCC(C(=O)CC(C)=O)C(CCO)CC1CC(=O)c2c(ccc(C3CCOCC3)c2C)C1.O.[HH].[HH].[HH]. The van der Waals surface area contributed by atoms with Gasteiger partial charge < -0.3 is 15.3 Å². The van der Waals surface area contributed by atoms with Gasteiger partial charge in [0, 0.05) is 42.0 Å². The summed E-state index contributed by atoms with van der Waals surface area (Å²) < 4.78 is 5.50. The highest BCUT2D eigenvalue weighted by Gasteiger charge is 2.34. The molecule has 1 heterocycles. The first-order valence-electron chi connectivity index (χ1n) is 12.2. The lowest BCUT2D eigenvalue weighted by atomic mass is 9.71. The maximum atomic E-state index is 13.2. The zero-order valence-electron chi connectivity index (χ0n) is 20.3. The standard InChI is InChI=1S/C27H38O5.H2O.3H2/c1-4-23(25(30)13-17(2)29)21(7-10-28)14-19-15-22-5-6-24(20-8-11-32-12-9-20)18(3)27(22)26(31)16-19;;;;/h5-6,19-21,23,28H,4,7-16H2,1-3H3;1H2;3*1H. The molecule has 0 saturated carbocycles. The van der Waals surface area contributed by atoms with E-state index >= 15 is 0 Å². The van der Waals surface area contributed by atoms with Crippen LogP contribution in [0.15, 0.2) is 12.1 Å². The molecule has 6 heteroatoms. The summed E-state index contributed by atoms with van der Waals surface area (Å²) in [4.78, 5) is 37.4. The normalized spacial score (nSPS) is 20.5. The largest absolute Gasteiger partial charge is 0.412 e. The van der Waals surface area contributed by atoms with Crippen LogP contribution < -0.4 is 0 Å². The van der Waals surface area contributed by atoms with Crippen molar-refractivity contribution in [1.82, 2.24) is 0 Å². The Labute approximate surface area is 201 Å². The summed E-state index contributed by atoms with van der Waals surface area (Å²) in [6, 6.07) is 4.34. The Bertz CT molecular complexity index is 854. The van der Waals surface area contributed by atoms with Crippen LogP contribution in [0.3, 0.4) is 0 Å². The summed E-state index contributed by atoms with van der Waals surface area (Å²) in [6.45, 7) is 7.08. The van der Waals surface area contributed by atoms with Crippen molar-refractivity contribution in [2.75, 3.05) is 19.8 Å². The van der Waals surface area contributed by atoms with E-state index in [1.807, 2.05) is 6.92 Å². The second-order valence-corrected chi connectivity index (χ2v) is 9.77. The molecule has 0 radical (unpaired) electrons. The van der Waals surface area contributed by atoms with E-state index in [-0.39, 0.29) is 57.9 Å². The van der Waals surface area contributed by atoms with Crippen LogP contribution in [-0.2, 0) is 20.7 Å². The molecule has 1 aliphatic carbocycles. The third-order valence-corrected chi connectivity index (χ3v) is 7.50. The first-order valence-corrected chi connectivity index (χ1v) is 12.2. The van der Waals surface area contributed by atoms with E-state index in [4.69, 9.17) is 4.74 Å². The van der Waals surface area contributed by atoms with Gasteiger partial charge >= 0.3 is 0 Å². The van der Waals surface area contributed by atoms with Crippen molar-refractivity contribution in [2.24, 2.45) is 17.8 Å². The Balaban J connectivity index is 0. The van der Waals surface area contributed by atoms with Crippen LogP contribution in [0.25, 0.3) is 0 Å². The number of ketones is 3. The number of aliphatic hydroxyl groups is 1. The zero-order valence-corrected chi connectivity index (χ0v) is 20.3. The van der Waals surface area contributed by atoms with Crippen molar-refractivity contribution >= 4 is 17.3 Å². The van der Waals surface area contributed by atoms with Gasteiger partial charge in [-0.3, -0.25) is 14.4 Å². The van der Waals surface area contributed by atoms with E-state index in [9.17, 15) is 19.5 Å². The third-order valence-electron chi connectivity index (χ3n) is 7.50. The first-order chi connectivity index (χ1) is 15.3. The van der Waals surface area contributed by atoms with Crippen LogP contribution in [0, 0.1) is 24.7 Å². The Morgan fingerprint density at radius 3 is 2.52 bits per heavy atom. The summed E-state index contributed by atoms with van der Waals surface area (Å²) in [7, 11) is 0. The molecule has 1 aliphatic heterocycles. The zero-order chi connectivity index (χ0) is 23.3. The second-order valence-electron chi connectivity index (χ2n) is 9.77. The lowest BCUT2D eigenvalue weighted by Crippen LogP contribution is -2.30. The monoisotopic (exact) mass is 466 g/mol. The smallest absolute Gasteiger partial charge is 0.163 e. The minimum atomic E-state index is -0.236. The number of benzene rings is 1. The summed E-state index contributed by atoms with van der Waals surface area (Å²) in [5.41, 5.74) is 4.44. The van der Waals surface area contributed by atoms with Crippen molar-refractivity contribution in [3.8, 4) is 0 Å². The summed E-state index contributed by atoms with van der Waals surface area (Å²) >= 11 is 0. The van der Waals surface area contributed by atoms with Gasteiger partial charge in [0.25, 0.3) is 0 Å².